The molecular formula is C20H22Cl2N2O5S. The van der Waals surface area contributed by atoms with Crippen molar-refractivity contribution in [2.45, 2.75) is 25.3 Å². The van der Waals surface area contributed by atoms with Gasteiger partial charge in [-0.2, -0.15) is 4.31 Å². The van der Waals surface area contributed by atoms with E-state index < -0.39 is 28.5 Å². The summed E-state index contributed by atoms with van der Waals surface area (Å²) in [4.78, 5) is 24.1. The molecule has 2 aromatic rings. The lowest BCUT2D eigenvalue weighted by Crippen LogP contribution is -2.30. The van der Waals surface area contributed by atoms with Crippen molar-refractivity contribution in [2.75, 3.05) is 19.7 Å². The van der Waals surface area contributed by atoms with Crippen LogP contribution in [0.15, 0.2) is 47.4 Å². The second-order valence-electron chi connectivity index (χ2n) is 6.20. The number of hydrogen-bond acceptors (Lipinski definition) is 5. The van der Waals surface area contributed by atoms with Gasteiger partial charge in [-0.3, -0.25) is 4.79 Å². The van der Waals surface area contributed by atoms with Gasteiger partial charge in [0.2, 0.25) is 10.0 Å². The molecule has 0 spiro atoms. The van der Waals surface area contributed by atoms with E-state index in [2.05, 4.69) is 5.32 Å². The zero-order valence-corrected chi connectivity index (χ0v) is 18.9. The second kappa shape index (κ2) is 10.8. The van der Waals surface area contributed by atoms with Crippen LogP contribution in [0.4, 0.5) is 0 Å². The summed E-state index contributed by atoms with van der Waals surface area (Å²) >= 11 is 11.9. The maximum atomic E-state index is 12.5. The molecule has 2 rings (SSSR count). The number of ether oxygens (including phenoxy) is 1. The monoisotopic (exact) mass is 472 g/mol. The number of halogens is 2. The molecule has 10 heteroatoms. The van der Waals surface area contributed by atoms with Crippen LogP contribution < -0.4 is 5.32 Å². The van der Waals surface area contributed by atoms with E-state index in [1.165, 1.54) is 28.6 Å². The Kier molecular flexibility index (Phi) is 8.66. The molecule has 0 aliphatic heterocycles. The number of esters is 1. The highest BCUT2D eigenvalue weighted by Gasteiger charge is 2.22. The summed E-state index contributed by atoms with van der Waals surface area (Å²) in [7, 11) is -3.61. The minimum absolute atomic E-state index is 0.0836. The summed E-state index contributed by atoms with van der Waals surface area (Å²) in [5, 5.41) is 3.49. The van der Waals surface area contributed by atoms with Gasteiger partial charge in [0, 0.05) is 29.7 Å². The Morgan fingerprint density at radius 1 is 1.03 bits per heavy atom. The topological polar surface area (TPSA) is 92.8 Å². The first kappa shape index (κ1) is 24.1. The molecule has 2 aromatic carbocycles. The number of carbonyl (C=O) groups is 2. The van der Waals surface area contributed by atoms with Gasteiger partial charge < -0.3 is 10.1 Å². The van der Waals surface area contributed by atoms with Crippen molar-refractivity contribution < 1.29 is 22.7 Å². The molecule has 0 fully saturated rings. The Morgan fingerprint density at radius 3 is 2.23 bits per heavy atom. The SMILES string of the molecule is CCN(CC)S(=O)(=O)c1ccc(C(=O)OCC(=O)NCc2ccc(Cl)cc2Cl)cc1. The molecule has 0 radical (unpaired) electrons. The molecule has 1 N–H and O–H groups in total. The summed E-state index contributed by atoms with van der Waals surface area (Å²) in [6, 6.07) is 10.3. The van der Waals surface area contributed by atoms with Gasteiger partial charge in [0.1, 0.15) is 0 Å². The van der Waals surface area contributed by atoms with Crippen LogP contribution in [0.2, 0.25) is 10.0 Å². The highest BCUT2D eigenvalue weighted by atomic mass is 35.5. The summed E-state index contributed by atoms with van der Waals surface area (Å²) < 4.78 is 31.2. The van der Waals surface area contributed by atoms with Gasteiger partial charge in [-0.1, -0.05) is 43.1 Å². The van der Waals surface area contributed by atoms with Gasteiger partial charge in [0.05, 0.1) is 10.5 Å². The van der Waals surface area contributed by atoms with E-state index in [0.717, 1.165) is 0 Å². The number of benzene rings is 2. The van der Waals surface area contributed by atoms with Crippen LogP contribution in [0, 0.1) is 0 Å². The van der Waals surface area contributed by atoms with Crippen molar-refractivity contribution in [3.63, 3.8) is 0 Å². The molecule has 0 aromatic heterocycles. The molecule has 30 heavy (non-hydrogen) atoms. The second-order valence-corrected chi connectivity index (χ2v) is 8.98. The molecule has 1 amide bonds. The van der Waals surface area contributed by atoms with E-state index in [4.69, 9.17) is 27.9 Å². The van der Waals surface area contributed by atoms with Crippen molar-refractivity contribution in [1.29, 1.82) is 0 Å². The third-order valence-corrected chi connectivity index (χ3v) is 6.91. The molecular weight excluding hydrogens is 451 g/mol. The standard InChI is InChI=1S/C20H22Cl2N2O5S/c1-3-24(4-2)30(27,28)17-9-6-14(7-10-17)20(26)29-13-19(25)23-12-15-5-8-16(21)11-18(15)22/h5-11H,3-4,12-13H2,1-2H3,(H,23,25). The fourth-order valence-electron chi connectivity index (χ4n) is 2.60. The Labute approximate surface area is 186 Å². The van der Waals surface area contributed by atoms with Crippen molar-refractivity contribution in [1.82, 2.24) is 9.62 Å². The number of amides is 1. The number of sulfonamides is 1. The average molecular weight is 473 g/mol. The van der Waals surface area contributed by atoms with Crippen LogP contribution in [0.3, 0.4) is 0 Å². The Balaban J connectivity index is 1.91. The molecule has 0 aliphatic carbocycles. The first-order chi connectivity index (χ1) is 14.2. The van der Waals surface area contributed by atoms with Crippen LogP contribution in [0.25, 0.3) is 0 Å². The summed E-state index contributed by atoms with van der Waals surface area (Å²) in [5.74, 6) is -1.24. The number of rotatable bonds is 9. The molecule has 162 valence electrons. The summed E-state index contributed by atoms with van der Waals surface area (Å²) in [6.07, 6.45) is 0. The van der Waals surface area contributed by atoms with Crippen LogP contribution in [0.1, 0.15) is 29.8 Å². The highest BCUT2D eigenvalue weighted by molar-refractivity contribution is 7.89. The van der Waals surface area contributed by atoms with Crippen LogP contribution in [-0.2, 0) is 26.1 Å². The highest BCUT2D eigenvalue weighted by Crippen LogP contribution is 2.20. The van der Waals surface area contributed by atoms with Crippen molar-refractivity contribution >= 4 is 45.1 Å². The van der Waals surface area contributed by atoms with Crippen molar-refractivity contribution in [3.05, 3.63) is 63.6 Å². The molecule has 0 heterocycles. The Bertz CT molecular complexity index is 1010. The first-order valence-corrected chi connectivity index (χ1v) is 11.4. The average Bonchev–Trinajstić information content (AvgIpc) is 2.72. The number of carbonyl (C=O) groups excluding carboxylic acids is 2. The Hall–Kier alpha value is -2.13. The van der Waals surface area contributed by atoms with Crippen molar-refractivity contribution in [3.8, 4) is 0 Å². The van der Waals surface area contributed by atoms with E-state index in [1.54, 1.807) is 32.0 Å². The van der Waals surface area contributed by atoms with Crippen LogP contribution in [0.5, 0.6) is 0 Å². The van der Waals surface area contributed by atoms with Gasteiger partial charge in [-0.15, -0.1) is 0 Å². The Morgan fingerprint density at radius 2 is 1.67 bits per heavy atom. The maximum absolute atomic E-state index is 12.5. The van der Waals surface area contributed by atoms with Gasteiger partial charge in [0.15, 0.2) is 6.61 Å². The quantitative estimate of drug-likeness (QED) is 0.563. The zero-order chi connectivity index (χ0) is 22.3. The first-order valence-electron chi connectivity index (χ1n) is 9.17. The largest absolute Gasteiger partial charge is 0.452 e. The maximum Gasteiger partial charge on any atom is 0.338 e. The molecule has 0 atom stereocenters. The van der Waals surface area contributed by atoms with Crippen LogP contribution in [-0.4, -0.2) is 44.3 Å². The number of nitrogens with zero attached hydrogens (tertiary/aromatic N) is 1. The molecule has 0 aliphatic rings. The molecule has 0 saturated heterocycles. The normalized spacial score (nSPS) is 11.4. The molecule has 0 bridgehead atoms. The fourth-order valence-corrected chi connectivity index (χ4v) is 4.53. The summed E-state index contributed by atoms with van der Waals surface area (Å²) in [5.41, 5.74) is 0.813. The third kappa shape index (κ3) is 6.18. The smallest absolute Gasteiger partial charge is 0.338 e. The lowest BCUT2D eigenvalue weighted by Gasteiger charge is -2.18. The lowest BCUT2D eigenvalue weighted by atomic mass is 10.2. The van der Waals surface area contributed by atoms with Gasteiger partial charge in [-0.25, -0.2) is 13.2 Å². The van der Waals surface area contributed by atoms with E-state index in [9.17, 15) is 18.0 Å². The predicted octanol–water partition coefficient (Wildman–Crippen LogP) is 3.50. The summed E-state index contributed by atoms with van der Waals surface area (Å²) in [6.45, 7) is 3.86. The van der Waals surface area contributed by atoms with Gasteiger partial charge in [0.25, 0.3) is 5.91 Å². The van der Waals surface area contributed by atoms with E-state index >= 15 is 0 Å². The van der Waals surface area contributed by atoms with Crippen LogP contribution >= 0.6 is 23.2 Å². The molecule has 0 unspecified atom stereocenters. The number of hydrogen-bond donors (Lipinski definition) is 1. The third-order valence-electron chi connectivity index (χ3n) is 4.26. The number of nitrogens with one attached hydrogen (secondary N) is 1. The van der Waals surface area contributed by atoms with Gasteiger partial charge >= 0.3 is 5.97 Å². The van der Waals surface area contributed by atoms with Gasteiger partial charge in [-0.05, 0) is 42.0 Å². The molecule has 0 saturated carbocycles. The zero-order valence-electron chi connectivity index (χ0n) is 16.5. The minimum atomic E-state index is -3.61. The van der Waals surface area contributed by atoms with E-state index in [-0.39, 0.29) is 17.0 Å². The fraction of sp³-hybridized carbons (Fsp3) is 0.300. The van der Waals surface area contributed by atoms with Crippen molar-refractivity contribution in [2.24, 2.45) is 0 Å². The minimum Gasteiger partial charge on any atom is -0.452 e. The lowest BCUT2D eigenvalue weighted by molar-refractivity contribution is -0.124. The molecule has 7 nitrogen and oxygen atoms in total. The van der Waals surface area contributed by atoms with E-state index in [0.29, 0.717) is 28.7 Å². The van der Waals surface area contributed by atoms with E-state index in [1.807, 2.05) is 0 Å². The predicted molar refractivity (Wildman–Crippen MR) is 115 cm³/mol.